The lowest BCUT2D eigenvalue weighted by atomic mass is 10.2. The lowest BCUT2D eigenvalue weighted by molar-refractivity contribution is 0.480. The van der Waals surface area contributed by atoms with Gasteiger partial charge in [0.25, 0.3) is 0 Å². The SMILES string of the molecule is CN(Cc1ccc(Br)cc1)C(=Nc1ccccc1)NN. The maximum atomic E-state index is 5.57. The second kappa shape index (κ2) is 7.07. The third-order valence-corrected chi connectivity index (χ3v) is 3.34. The number of halogens is 1. The van der Waals surface area contributed by atoms with Gasteiger partial charge in [-0.05, 0) is 29.8 Å². The Balaban J connectivity index is 2.11. The van der Waals surface area contributed by atoms with Gasteiger partial charge in [-0.15, -0.1) is 0 Å². The van der Waals surface area contributed by atoms with Crippen LogP contribution < -0.4 is 11.3 Å². The highest BCUT2D eigenvalue weighted by Crippen LogP contribution is 2.13. The molecule has 0 aromatic heterocycles. The first-order chi connectivity index (χ1) is 9.69. The number of hydrogen-bond donors (Lipinski definition) is 2. The fourth-order valence-electron chi connectivity index (χ4n) is 1.79. The Morgan fingerprint density at radius 2 is 1.80 bits per heavy atom. The van der Waals surface area contributed by atoms with E-state index in [4.69, 9.17) is 5.84 Å². The number of para-hydroxylation sites is 1. The summed E-state index contributed by atoms with van der Waals surface area (Å²) in [6.45, 7) is 0.725. The molecular formula is C15H17BrN4. The molecule has 2 rings (SSSR count). The van der Waals surface area contributed by atoms with Gasteiger partial charge in [-0.3, -0.25) is 5.43 Å². The Labute approximate surface area is 127 Å². The largest absolute Gasteiger partial charge is 0.340 e. The number of nitrogens with zero attached hydrogens (tertiary/aromatic N) is 2. The molecule has 0 radical (unpaired) electrons. The number of guanidine groups is 1. The van der Waals surface area contributed by atoms with E-state index >= 15 is 0 Å². The molecule has 4 nitrogen and oxygen atoms in total. The predicted octanol–water partition coefficient (Wildman–Crippen LogP) is 3.03. The van der Waals surface area contributed by atoms with Crippen molar-refractivity contribution in [2.24, 2.45) is 10.8 Å². The highest BCUT2D eigenvalue weighted by Gasteiger charge is 2.06. The molecule has 0 amide bonds. The van der Waals surface area contributed by atoms with Crippen LogP contribution in [0.2, 0.25) is 0 Å². The molecule has 5 heteroatoms. The van der Waals surface area contributed by atoms with Crippen molar-refractivity contribution < 1.29 is 0 Å². The van der Waals surface area contributed by atoms with E-state index < -0.39 is 0 Å². The van der Waals surface area contributed by atoms with E-state index in [2.05, 4.69) is 38.5 Å². The summed E-state index contributed by atoms with van der Waals surface area (Å²) in [5, 5.41) is 0. The molecule has 0 atom stereocenters. The number of nitrogens with one attached hydrogen (secondary N) is 1. The average Bonchev–Trinajstić information content (AvgIpc) is 2.48. The summed E-state index contributed by atoms with van der Waals surface area (Å²) < 4.78 is 1.07. The van der Waals surface area contributed by atoms with Crippen LogP contribution in [0.25, 0.3) is 0 Å². The monoisotopic (exact) mass is 332 g/mol. The Kier molecular flexibility index (Phi) is 5.15. The van der Waals surface area contributed by atoms with Crippen LogP contribution in [0.4, 0.5) is 5.69 Å². The summed E-state index contributed by atoms with van der Waals surface area (Å²) in [6, 6.07) is 17.9. The van der Waals surface area contributed by atoms with E-state index in [-0.39, 0.29) is 0 Å². The van der Waals surface area contributed by atoms with Crippen LogP contribution in [0, 0.1) is 0 Å². The summed E-state index contributed by atoms with van der Waals surface area (Å²) in [5.41, 5.74) is 4.70. The summed E-state index contributed by atoms with van der Waals surface area (Å²) in [4.78, 5) is 6.46. The number of nitrogens with two attached hydrogens (primary N) is 1. The first kappa shape index (κ1) is 14.6. The lowest BCUT2D eigenvalue weighted by Crippen LogP contribution is -2.42. The highest BCUT2D eigenvalue weighted by molar-refractivity contribution is 9.10. The molecule has 0 saturated heterocycles. The van der Waals surface area contributed by atoms with Crippen molar-refractivity contribution in [3.63, 3.8) is 0 Å². The van der Waals surface area contributed by atoms with E-state index in [1.165, 1.54) is 5.56 Å². The average molecular weight is 333 g/mol. The van der Waals surface area contributed by atoms with E-state index in [0.29, 0.717) is 5.96 Å². The molecule has 2 aromatic rings. The van der Waals surface area contributed by atoms with E-state index in [0.717, 1.165) is 16.7 Å². The van der Waals surface area contributed by atoms with Gasteiger partial charge in [-0.1, -0.05) is 46.3 Å². The molecule has 0 aliphatic rings. The van der Waals surface area contributed by atoms with Crippen molar-refractivity contribution in [3.05, 3.63) is 64.6 Å². The van der Waals surface area contributed by atoms with Crippen LogP contribution in [0.15, 0.2) is 64.1 Å². The molecule has 3 N–H and O–H groups in total. The molecular weight excluding hydrogens is 316 g/mol. The first-order valence-corrected chi connectivity index (χ1v) is 7.04. The molecule has 0 unspecified atom stereocenters. The third kappa shape index (κ3) is 4.08. The predicted molar refractivity (Wildman–Crippen MR) is 86.5 cm³/mol. The van der Waals surface area contributed by atoms with Gasteiger partial charge in [0.1, 0.15) is 0 Å². The smallest absolute Gasteiger partial charge is 0.213 e. The van der Waals surface area contributed by atoms with Crippen molar-refractivity contribution in [1.29, 1.82) is 0 Å². The van der Waals surface area contributed by atoms with Crippen LogP contribution in [0.3, 0.4) is 0 Å². The maximum absolute atomic E-state index is 5.57. The standard InChI is InChI=1S/C15H17BrN4/c1-20(11-12-7-9-13(16)10-8-12)15(19-17)18-14-5-3-2-4-6-14/h2-10H,11,17H2,1H3,(H,18,19). The normalized spacial score (nSPS) is 11.2. The van der Waals surface area contributed by atoms with Gasteiger partial charge in [-0.25, -0.2) is 10.8 Å². The van der Waals surface area contributed by atoms with Crippen LogP contribution in [-0.2, 0) is 6.54 Å². The van der Waals surface area contributed by atoms with Crippen LogP contribution in [0.5, 0.6) is 0 Å². The van der Waals surface area contributed by atoms with Gasteiger partial charge < -0.3 is 4.90 Å². The third-order valence-electron chi connectivity index (χ3n) is 2.81. The summed E-state index contributed by atoms with van der Waals surface area (Å²) in [7, 11) is 1.95. The maximum Gasteiger partial charge on any atom is 0.213 e. The number of hydrazine groups is 1. The summed E-state index contributed by atoms with van der Waals surface area (Å²) in [6.07, 6.45) is 0. The second-order valence-electron chi connectivity index (χ2n) is 4.40. The number of benzene rings is 2. The zero-order valence-electron chi connectivity index (χ0n) is 11.3. The van der Waals surface area contributed by atoms with Gasteiger partial charge in [0, 0.05) is 18.1 Å². The Morgan fingerprint density at radius 3 is 2.40 bits per heavy atom. The summed E-state index contributed by atoms with van der Waals surface area (Å²) in [5.74, 6) is 6.19. The first-order valence-electron chi connectivity index (χ1n) is 6.25. The molecule has 104 valence electrons. The Morgan fingerprint density at radius 1 is 1.15 bits per heavy atom. The zero-order chi connectivity index (χ0) is 14.4. The zero-order valence-corrected chi connectivity index (χ0v) is 12.8. The molecule has 20 heavy (non-hydrogen) atoms. The number of rotatable bonds is 3. The van der Waals surface area contributed by atoms with Gasteiger partial charge >= 0.3 is 0 Å². The van der Waals surface area contributed by atoms with E-state index in [9.17, 15) is 0 Å². The van der Waals surface area contributed by atoms with Gasteiger partial charge in [0.15, 0.2) is 0 Å². The van der Waals surface area contributed by atoms with Crippen LogP contribution in [0.1, 0.15) is 5.56 Å². The van der Waals surface area contributed by atoms with Gasteiger partial charge in [-0.2, -0.15) is 0 Å². The number of hydrogen-bond acceptors (Lipinski definition) is 2. The minimum atomic E-state index is 0.624. The van der Waals surface area contributed by atoms with E-state index in [1.54, 1.807) is 0 Å². The summed E-state index contributed by atoms with van der Waals surface area (Å²) >= 11 is 3.43. The Bertz CT molecular complexity index is 566. The molecule has 0 fully saturated rings. The van der Waals surface area contributed by atoms with Crippen molar-refractivity contribution in [2.45, 2.75) is 6.54 Å². The number of aliphatic imine (C=N–C) groups is 1. The minimum absolute atomic E-state index is 0.624. The molecule has 2 aromatic carbocycles. The molecule has 0 bridgehead atoms. The quantitative estimate of drug-likeness (QED) is 0.393. The van der Waals surface area contributed by atoms with Crippen LogP contribution >= 0.6 is 15.9 Å². The lowest BCUT2D eigenvalue weighted by Gasteiger charge is -2.20. The van der Waals surface area contributed by atoms with Crippen molar-refractivity contribution in [2.75, 3.05) is 7.05 Å². The molecule has 0 spiro atoms. The Hall–Kier alpha value is -1.85. The minimum Gasteiger partial charge on any atom is -0.340 e. The highest BCUT2D eigenvalue weighted by atomic mass is 79.9. The van der Waals surface area contributed by atoms with Gasteiger partial charge in [0.05, 0.1) is 5.69 Å². The molecule has 0 aliphatic carbocycles. The molecule has 0 saturated carbocycles. The second-order valence-corrected chi connectivity index (χ2v) is 5.31. The fraction of sp³-hybridized carbons (Fsp3) is 0.133. The van der Waals surface area contributed by atoms with Gasteiger partial charge in [0.2, 0.25) is 5.96 Å². The molecule has 0 heterocycles. The topological polar surface area (TPSA) is 53.6 Å². The van der Waals surface area contributed by atoms with Crippen molar-refractivity contribution >= 4 is 27.6 Å². The van der Waals surface area contributed by atoms with Crippen molar-refractivity contribution in [1.82, 2.24) is 10.3 Å². The van der Waals surface area contributed by atoms with Crippen LogP contribution in [-0.4, -0.2) is 17.9 Å². The molecule has 0 aliphatic heterocycles. The fourth-order valence-corrected chi connectivity index (χ4v) is 2.06. The van der Waals surface area contributed by atoms with Crippen molar-refractivity contribution in [3.8, 4) is 0 Å². The van der Waals surface area contributed by atoms with E-state index in [1.807, 2.05) is 54.4 Å².